The van der Waals surface area contributed by atoms with E-state index < -0.39 is 15.8 Å². The molecule has 1 fully saturated rings. The Labute approximate surface area is 171 Å². The van der Waals surface area contributed by atoms with Gasteiger partial charge in [-0.2, -0.15) is 0 Å². The number of esters is 1. The molecule has 1 aliphatic rings. The normalized spacial score (nSPS) is 17.9. The lowest BCUT2D eigenvalue weighted by Gasteiger charge is -2.16. The van der Waals surface area contributed by atoms with Crippen molar-refractivity contribution in [1.29, 1.82) is 0 Å². The molecule has 0 amide bonds. The van der Waals surface area contributed by atoms with Gasteiger partial charge in [-0.25, -0.2) is 13.2 Å². The predicted molar refractivity (Wildman–Crippen MR) is 112 cm³/mol. The van der Waals surface area contributed by atoms with Crippen LogP contribution in [0.4, 0.5) is 5.69 Å². The fourth-order valence-corrected chi connectivity index (χ4v) is 5.49. The molecule has 3 rings (SSSR count). The standard InChI is InChI=1S/C21H26N2O5S/c1-14-11-19(15(2)23(14)18-9-10-29(26,27)13-18)20(24)12-28-21(25)16-5-7-17(8-6-16)22(3)4/h5-8,11,18H,9-10,12-13H2,1-4H3/t18-/m1/s1. The molecule has 0 bridgehead atoms. The first-order valence-electron chi connectivity index (χ1n) is 9.45. The van der Waals surface area contributed by atoms with Crippen molar-refractivity contribution in [2.75, 3.05) is 37.1 Å². The van der Waals surface area contributed by atoms with E-state index in [0.29, 0.717) is 23.2 Å². The summed E-state index contributed by atoms with van der Waals surface area (Å²) in [6.45, 7) is 3.29. The minimum atomic E-state index is -3.03. The zero-order valence-electron chi connectivity index (χ0n) is 17.1. The number of ether oxygens (including phenoxy) is 1. The molecule has 29 heavy (non-hydrogen) atoms. The third-order valence-corrected chi connectivity index (χ3v) is 7.06. The number of benzene rings is 1. The van der Waals surface area contributed by atoms with E-state index in [2.05, 4.69) is 0 Å². The molecule has 1 saturated heterocycles. The number of Topliss-reactive ketones (excluding diaryl/α,β-unsaturated/α-hetero) is 1. The number of hydrogen-bond donors (Lipinski definition) is 0. The Morgan fingerprint density at radius 1 is 1.17 bits per heavy atom. The molecule has 0 saturated carbocycles. The number of hydrogen-bond acceptors (Lipinski definition) is 6. The fraction of sp³-hybridized carbons (Fsp3) is 0.429. The van der Waals surface area contributed by atoms with Gasteiger partial charge in [0.05, 0.1) is 17.1 Å². The van der Waals surface area contributed by atoms with Gasteiger partial charge in [-0.15, -0.1) is 0 Å². The van der Waals surface area contributed by atoms with E-state index in [1.165, 1.54) is 0 Å². The van der Waals surface area contributed by atoms with E-state index >= 15 is 0 Å². The molecule has 1 atom stereocenters. The van der Waals surface area contributed by atoms with Gasteiger partial charge in [0.25, 0.3) is 0 Å². The van der Waals surface area contributed by atoms with Crippen LogP contribution >= 0.6 is 0 Å². The summed E-state index contributed by atoms with van der Waals surface area (Å²) in [6.07, 6.45) is 0.546. The van der Waals surface area contributed by atoms with Crippen molar-refractivity contribution in [1.82, 2.24) is 4.57 Å². The Morgan fingerprint density at radius 3 is 2.38 bits per heavy atom. The van der Waals surface area contributed by atoms with Crippen molar-refractivity contribution in [2.45, 2.75) is 26.3 Å². The van der Waals surface area contributed by atoms with Gasteiger partial charge in [-0.1, -0.05) is 0 Å². The number of rotatable bonds is 6. The summed E-state index contributed by atoms with van der Waals surface area (Å²) >= 11 is 0. The van der Waals surface area contributed by atoms with Crippen LogP contribution in [-0.2, 0) is 14.6 Å². The van der Waals surface area contributed by atoms with Gasteiger partial charge in [-0.05, 0) is 50.6 Å². The molecule has 0 N–H and O–H groups in total. The number of carbonyl (C=O) groups is 2. The first kappa shape index (κ1) is 21.1. The average molecular weight is 419 g/mol. The first-order chi connectivity index (χ1) is 13.6. The highest BCUT2D eigenvalue weighted by atomic mass is 32.2. The van der Waals surface area contributed by atoms with Crippen LogP contribution in [0.5, 0.6) is 0 Å². The second-order valence-electron chi connectivity index (χ2n) is 7.65. The highest BCUT2D eigenvalue weighted by Gasteiger charge is 2.31. The number of ketones is 1. The fourth-order valence-electron chi connectivity index (χ4n) is 3.79. The number of aromatic nitrogens is 1. The van der Waals surface area contributed by atoms with Gasteiger partial charge < -0.3 is 14.2 Å². The smallest absolute Gasteiger partial charge is 0.338 e. The summed E-state index contributed by atoms with van der Waals surface area (Å²) in [5, 5.41) is 0. The predicted octanol–water partition coefficient (Wildman–Crippen LogP) is 2.57. The molecule has 1 aromatic heterocycles. The maximum absolute atomic E-state index is 12.6. The summed E-state index contributed by atoms with van der Waals surface area (Å²) in [7, 11) is 0.785. The molecule has 156 valence electrons. The van der Waals surface area contributed by atoms with Crippen molar-refractivity contribution < 1.29 is 22.7 Å². The van der Waals surface area contributed by atoms with E-state index in [4.69, 9.17) is 4.74 Å². The Morgan fingerprint density at radius 2 is 1.83 bits per heavy atom. The van der Waals surface area contributed by atoms with Crippen molar-refractivity contribution in [3.05, 3.63) is 52.8 Å². The van der Waals surface area contributed by atoms with Crippen molar-refractivity contribution in [3.8, 4) is 0 Å². The summed E-state index contributed by atoms with van der Waals surface area (Å²) in [4.78, 5) is 26.8. The quantitative estimate of drug-likeness (QED) is 0.529. The van der Waals surface area contributed by atoms with Gasteiger partial charge >= 0.3 is 5.97 Å². The van der Waals surface area contributed by atoms with Crippen LogP contribution in [0.2, 0.25) is 0 Å². The molecule has 1 aliphatic heterocycles. The third-order valence-electron chi connectivity index (χ3n) is 5.31. The highest BCUT2D eigenvalue weighted by Crippen LogP contribution is 2.29. The Hall–Kier alpha value is -2.61. The molecule has 0 unspecified atom stereocenters. The summed E-state index contributed by atoms with van der Waals surface area (Å²) in [5.41, 5.74) is 3.34. The monoisotopic (exact) mass is 418 g/mol. The minimum Gasteiger partial charge on any atom is -0.454 e. The van der Waals surface area contributed by atoms with Crippen molar-refractivity contribution >= 4 is 27.3 Å². The number of anilines is 1. The first-order valence-corrected chi connectivity index (χ1v) is 11.3. The molecule has 0 spiro atoms. The van der Waals surface area contributed by atoms with Crippen LogP contribution in [-0.4, -0.2) is 56.9 Å². The maximum Gasteiger partial charge on any atom is 0.338 e. The summed E-state index contributed by atoms with van der Waals surface area (Å²) < 4.78 is 30.7. The van der Waals surface area contributed by atoms with E-state index in [1.807, 2.05) is 42.6 Å². The van der Waals surface area contributed by atoms with Crippen molar-refractivity contribution in [3.63, 3.8) is 0 Å². The van der Waals surface area contributed by atoms with Crippen LogP contribution < -0.4 is 4.90 Å². The van der Waals surface area contributed by atoms with E-state index in [-0.39, 0.29) is 29.9 Å². The lowest BCUT2D eigenvalue weighted by molar-refractivity contribution is 0.0474. The molecular formula is C21H26N2O5S. The van der Waals surface area contributed by atoms with Crippen molar-refractivity contribution in [2.24, 2.45) is 0 Å². The van der Waals surface area contributed by atoms with E-state index in [1.54, 1.807) is 25.1 Å². The molecule has 7 nitrogen and oxygen atoms in total. The number of nitrogens with zero attached hydrogens (tertiary/aromatic N) is 2. The maximum atomic E-state index is 12.6. The topological polar surface area (TPSA) is 85.7 Å². The minimum absolute atomic E-state index is 0.0922. The molecule has 2 heterocycles. The van der Waals surface area contributed by atoms with E-state index in [9.17, 15) is 18.0 Å². The Balaban J connectivity index is 1.68. The largest absolute Gasteiger partial charge is 0.454 e. The zero-order valence-corrected chi connectivity index (χ0v) is 18.0. The lowest BCUT2D eigenvalue weighted by Crippen LogP contribution is -2.17. The lowest BCUT2D eigenvalue weighted by atomic mass is 10.1. The third kappa shape index (κ3) is 4.53. The molecule has 0 aliphatic carbocycles. The molecule has 8 heteroatoms. The molecule has 2 aromatic rings. The number of sulfone groups is 1. The summed E-state index contributed by atoms with van der Waals surface area (Å²) in [5.74, 6) is -0.597. The molecular weight excluding hydrogens is 392 g/mol. The SMILES string of the molecule is Cc1cc(C(=O)COC(=O)c2ccc(N(C)C)cc2)c(C)n1[C@@H]1CCS(=O)(=O)C1. The van der Waals surface area contributed by atoms with E-state index in [0.717, 1.165) is 11.4 Å². The number of carbonyl (C=O) groups excluding carboxylic acids is 2. The molecule has 1 aromatic carbocycles. The van der Waals surface area contributed by atoms with Gasteiger partial charge in [0, 0.05) is 42.8 Å². The van der Waals surface area contributed by atoms with Crippen LogP contribution in [0.1, 0.15) is 44.6 Å². The highest BCUT2D eigenvalue weighted by molar-refractivity contribution is 7.91. The molecule has 0 radical (unpaired) electrons. The Bertz CT molecular complexity index is 1040. The second kappa shape index (κ2) is 8.02. The van der Waals surface area contributed by atoms with Gasteiger partial charge in [0.2, 0.25) is 5.78 Å². The van der Waals surface area contributed by atoms with Gasteiger partial charge in [0.15, 0.2) is 16.4 Å². The second-order valence-corrected chi connectivity index (χ2v) is 9.88. The van der Waals surface area contributed by atoms with Crippen LogP contribution in [0.15, 0.2) is 30.3 Å². The average Bonchev–Trinajstić information content (AvgIpc) is 3.17. The van der Waals surface area contributed by atoms with Gasteiger partial charge in [-0.3, -0.25) is 4.79 Å². The van der Waals surface area contributed by atoms with Crippen LogP contribution in [0.3, 0.4) is 0 Å². The zero-order chi connectivity index (χ0) is 21.3. The van der Waals surface area contributed by atoms with Gasteiger partial charge in [0.1, 0.15) is 0 Å². The van der Waals surface area contributed by atoms with Crippen LogP contribution in [0.25, 0.3) is 0 Å². The van der Waals surface area contributed by atoms with Crippen LogP contribution in [0, 0.1) is 13.8 Å². The number of aryl methyl sites for hydroxylation is 1. The Kier molecular flexibility index (Phi) is 5.84. The summed E-state index contributed by atoms with van der Waals surface area (Å²) in [6, 6.07) is 8.52.